The maximum atomic E-state index is 12.3. The maximum Gasteiger partial charge on any atom is 0.321 e. The second kappa shape index (κ2) is 7.44. The van der Waals surface area contributed by atoms with Gasteiger partial charge in [-0.15, -0.1) is 0 Å². The number of carbonyl (C=O) groups excluding carboxylic acids is 2. The number of anilines is 1. The Morgan fingerprint density at radius 2 is 2.17 bits per heavy atom. The number of likely N-dealkylation sites (tertiary alicyclic amines) is 1. The summed E-state index contributed by atoms with van der Waals surface area (Å²) in [5.74, 6) is 0.351. The second-order valence-electron chi connectivity index (χ2n) is 7.09. The number of urea groups is 1. The van der Waals surface area contributed by atoms with Gasteiger partial charge in [0.05, 0.1) is 11.9 Å². The van der Waals surface area contributed by atoms with Crippen LogP contribution < -0.4 is 10.6 Å². The molecule has 126 valence electrons. The van der Waals surface area contributed by atoms with E-state index < -0.39 is 0 Å². The molecule has 0 bridgehead atoms. The highest BCUT2D eigenvalue weighted by Crippen LogP contribution is 2.18. The Balaban J connectivity index is 1.83. The minimum absolute atomic E-state index is 0.0504. The highest BCUT2D eigenvalue weighted by Gasteiger charge is 2.26. The minimum atomic E-state index is -0.383. The van der Waals surface area contributed by atoms with Crippen LogP contribution in [0.1, 0.15) is 33.6 Å². The van der Waals surface area contributed by atoms with E-state index in [1.54, 1.807) is 18.5 Å². The maximum absolute atomic E-state index is 12.3. The van der Waals surface area contributed by atoms with Crippen LogP contribution in [0.5, 0.6) is 0 Å². The molecule has 0 aliphatic carbocycles. The molecule has 23 heavy (non-hydrogen) atoms. The lowest BCUT2D eigenvalue weighted by molar-refractivity contribution is -0.128. The van der Waals surface area contributed by atoms with E-state index in [9.17, 15) is 9.59 Å². The topological polar surface area (TPSA) is 74.3 Å². The van der Waals surface area contributed by atoms with Crippen molar-refractivity contribution in [1.29, 1.82) is 0 Å². The average molecular weight is 318 g/mol. The molecule has 2 heterocycles. The summed E-state index contributed by atoms with van der Waals surface area (Å²) in [5, 5.41) is 5.85. The van der Waals surface area contributed by atoms with Gasteiger partial charge in [0, 0.05) is 31.2 Å². The van der Waals surface area contributed by atoms with E-state index in [2.05, 4.69) is 15.6 Å². The van der Waals surface area contributed by atoms with Crippen LogP contribution in [0.25, 0.3) is 0 Å². The molecule has 0 aromatic carbocycles. The number of hydrogen-bond donors (Lipinski definition) is 2. The lowest BCUT2D eigenvalue weighted by atomic mass is 9.94. The van der Waals surface area contributed by atoms with Gasteiger partial charge in [-0.1, -0.05) is 20.8 Å². The Kier molecular flexibility index (Phi) is 5.58. The fourth-order valence-electron chi connectivity index (χ4n) is 2.56. The highest BCUT2D eigenvalue weighted by atomic mass is 16.2. The van der Waals surface area contributed by atoms with Crippen LogP contribution in [0.4, 0.5) is 10.5 Å². The fourth-order valence-corrected chi connectivity index (χ4v) is 2.56. The number of hydrogen-bond acceptors (Lipinski definition) is 3. The van der Waals surface area contributed by atoms with Gasteiger partial charge in [-0.3, -0.25) is 9.78 Å². The summed E-state index contributed by atoms with van der Waals surface area (Å²) in [6.07, 6.45) is 5.28. The van der Waals surface area contributed by atoms with Gasteiger partial charge < -0.3 is 15.5 Å². The number of pyridine rings is 1. The Labute approximate surface area is 137 Å². The summed E-state index contributed by atoms with van der Waals surface area (Å²) in [4.78, 5) is 30.1. The van der Waals surface area contributed by atoms with Crippen molar-refractivity contribution in [1.82, 2.24) is 15.2 Å². The van der Waals surface area contributed by atoms with Crippen molar-refractivity contribution < 1.29 is 9.59 Å². The van der Waals surface area contributed by atoms with Gasteiger partial charge >= 0.3 is 6.03 Å². The average Bonchev–Trinajstić information content (AvgIpc) is 2.53. The predicted molar refractivity (Wildman–Crippen MR) is 90.0 cm³/mol. The van der Waals surface area contributed by atoms with Crippen LogP contribution in [0.2, 0.25) is 0 Å². The minimum Gasteiger partial charge on any atom is -0.355 e. The van der Waals surface area contributed by atoms with Crippen LogP contribution >= 0.6 is 0 Å². The third-order valence-corrected chi connectivity index (χ3v) is 3.95. The van der Waals surface area contributed by atoms with Crippen molar-refractivity contribution in [2.24, 2.45) is 11.3 Å². The normalized spacial score (nSPS) is 18.4. The van der Waals surface area contributed by atoms with Crippen LogP contribution in [0.15, 0.2) is 24.5 Å². The summed E-state index contributed by atoms with van der Waals surface area (Å²) >= 11 is 0. The zero-order chi connectivity index (χ0) is 16.9. The third-order valence-electron chi connectivity index (χ3n) is 3.95. The van der Waals surface area contributed by atoms with Crippen molar-refractivity contribution in [3.63, 3.8) is 0 Å². The predicted octanol–water partition coefficient (Wildman–Crippen LogP) is 2.49. The molecule has 1 aliphatic rings. The molecule has 1 aromatic heterocycles. The monoisotopic (exact) mass is 318 g/mol. The number of piperidine rings is 1. The number of carbonyl (C=O) groups is 2. The summed E-state index contributed by atoms with van der Waals surface area (Å²) in [7, 11) is 0. The van der Waals surface area contributed by atoms with Crippen molar-refractivity contribution in [3.8, 4) is 0 Å². The molecule has 1 fully saturated rings. The van der Waals surface area contributed by atoms with Crippen molar-refractivity contribution in [2.75, 3.05) is 25.0 Å². The van der Waals surface area contributed by atoms with Crippen LogP contribution in [0.3, 0.4) is 0 Å². The van der Waals surface area contributed by atoms with E-state index in [0.717, 1.165) is 19.4 Å². The zero-order valence-electron chi connectivity index (χ0n) is 14.1. The summed E-state index contributed by atoms with van der Waals surface area (Å²) < 4.78 is 0. The molecule has 2 N–H and O–H groups in total. The first-order valence-electron chi connectivity index (χ1n) is 8.10. The summed E-state index contributed by atoms with van der Waals surface area (Å²) in [6, 6.07) is 3.50. The first-order chi connectivity index (χ1) is 10.9. The fraction of sp³-hybridized carbons (Fsp3) is 0.588. The molecular formula is C17H26N4O2. The van der Waals surface area contributed by atoms with E-state index in [0.29, 0.717) is 24.7 Å². The molecule has 2 rings (SSSR count). The molecule has 0 unspecified atom stereocenters. The molecule has 1 atom stereocenters. The molecule has 1 aliphatic heterocycles. The molecule has 1 saturated heterocycles. The van der Waals surface area contributed by atoms with Gasteiger partial charge in [0.25, 0.3) is 0 Å². The van der Waals surface area contributed by atoms with Gasteiger partial charge in [0.15, 0.2) is 0 Å². The number of nitrogens with zero attached hydrogens (tertiary/aromatic N) is 2. The zero-order valence-corrected chi connectivity index (χ0v) is 14.1. The lowest BCUT2D eigenvalue weighted by Crippen LogP contribution is -2.46. The molecule has 0 spiro atoms. The van der Waals surface area contributed by atoms with E-state index >= 15 is 0 Å². The number of aromatic nitrogens is 1. The second-order valence-corrected chi connectivity index (χ2v) is 7.09. The first-order valence-corrected chi connectivity index (χ1v) is 8.10. The van der Waals surface area contributed by atoms with Crippen molar-refractivity contribution >= 4 is 17.6 Å². The molecule has 0 saturated carbocycles. The number of nitrogens with one attached hydrogen (secondary N) is 2. The standard InChI is InChI=1S/C17H26N4O2/c1-17(2,3)15(22)19-10-13-6-5-9-21(12-13)16(23)20-14-7-4-8-18-11-14/h4,7-8,11,13H,5-6,9-10,12H2,1-3H3,(H,19,22)(H,20,23)/t13-/m0/s1. The van der Waals surface area contributed by atoms with Crippen molar-refractivity contribution in [3.05, 3.63) is 24.5 Å². The molecule has 0 radical (unpaired) electrons. The summed E-state index contributed by atoms with van der Waals surface area (Å²) in [5.41, 5.74) is 0.312. The van der Waals surface area contributed by atoms with E-state index in [4.69, 9.17) is 0 Å². The van der Waals surface area contributed by atoms with Gasteiger partial charge in [-0.2, -0.15) is 0 Å². The Hall–Kier alpha value is -2.11. The lowest BCUT2D eigenvalue weighted by Gasteiger charge is -2.33. The van der Waals surface area contributed by atoms with Crippen molar-refractivity contribution in [2.45, 2.75) is 33.6 Å². The third kappa shape index (κ3) is 5.23. The first kappa shape index (κ1) is 17.2. The van der Waals surface area contributed by atoms with E-state index in [1.165, 1.54) is 0 Å². The molecule has 3 amide bonds. The Morgan fingerprint density at radius 3 is 2.83 bits per heavy atom. The SMILES string of the molecule is CC(C)(C)C(=O)NC[C@@H]1CCCN(C(=O)Nc2cccnc2)C1. The molecule has 6 nitrogen and oxygen atoms in total. The molecule has 6 heteroatoms. The quantitative estimate of drug-likeness (QED) is 0.899. The van der Waals surface area contributed by atoms with E-state index in [1.807, 2.05) is 31.7 Å². The Morgan fingerprint density at radius 1 is 1.39 bits per heavy atom. The van der Waals surface area contributed by atoms with Gasteiger partial charge in [0.1, 0.15) is 0 Å². The van der Waals surface area contributed by atoms with Gasteiger partial charge in [-0.25, -0.2) is 4.79 Å². The number of amides is 3. The summed E-state index contributed by atoms with van der Waals surface area (Å²) in [6.45, 7) is 7.73. The molecule has 1 aromatic rings. The Bertz CT molecular complexity index is 539. The van der Waals surface area contributed by atoms with Crippen LogP contribution in [-0.4, -0.2) is 41.5 Å². The van der Waals surface area contributed by atoms with Crippen LogP contribution in [0, 0.1) is 11.3 Å². The highest BCUT2D eigenvalue weighted by molar-refractivity contribution is 5.89. The van der Waals surface area contributed by atoms with Gasteiger partial charge in [0.2, 0.25) is 5.91 Å². The van der Waals surface area contributed by atoms with Gasteiger partial charge in [-0.05, 0) is 30.9 Å². The van der Waals surface area contributed by atoms with Crippen LogP contribution in [-0.2, 0) is 4.79 Å². The smallest absolute Gasteiger partial charge is 0.321 e. The number of rotatable bonds is 3. The molecular weight excluding hydrogens is 292 g/mol. The largest absolute Gasteiger partial charge is 0.355 e. The van der Waals surface area contributed by atoms with E-state index in [-0.39, 0.29) is 17.4 Å².